The smallest absolute Gasteiger partial charge is 0.261 e. The summed E-state index contributed by atoms with van der Waals surface area (Å²) in [6.07, 6.45) is 11.3. The monoisotopic (exact) mass is 385 g/mol. The van der Waals surface area contributed by atoms with Crippen molar-refractivity contribution < 1.29 is 9.53 Å². The minimum absolute atomic E-state index is 0.00792. The number of thiophene rings is 1. The fraction of sp³-hybridized carbons (Fsp3) is 0.524. The molecule has 1 unspecified atom stereocenters. The van der Waals surface area contributed by atoms with Crippen LogP contribution < -0.4 is 10.1 Å². The molecule has 2 aliphatic rings. The Morgan fingerprint density at radius 2 is 2.11 bits per heavy atom. The maximum atomic E-state index is 12.4. The molecule has 1 atom stereocenters. The zero-order valence-corrected chi connectivity index (χ0v) is 16.4. The highest BCUT2D eigenvalue weighted by molar-refractivity contribution is 7.14. The molecule has 27 heavy (non-hydrogen) atoms. The SMILES string of the molecule is O=C(NCCOc1cccnc1)c1ccc(C2CCCN2C2CCCC2)s1. The van der Waals surface area contributed by atoms with E-state index < -0.39 is 0 Å². The normalized spacial score (nSPS) is 20.8. The van der Waals surface area contributed by atoms with Crippen LogP contribution in [0.4, 0.5) is 0 Å². The van der Waals surface area contributed by atoms with Gasteiger partial charge in [0, 0.05) is 23.2 Å². The van der Waals surface area contributed by atoms with Crippen LogP contribution in [0.25, 0.3) is 0 Å². The van der Waals surface area contributed by atoms with Gasteiger partial charge < -0.3 is 10.1 Å². The molecule has 1 N–H and O–H groups in total. The molecule has 6 heteroatoms. The first kappa shape index (κ1) is 18.4. The number of likely N-dealkylation sites (tertiary alicyclic amines) is 1. The molecule has 3 heterocycles. The number of aromatic nitrogens is 1. The average Bonchev–Trinajstić information content (AvgIpc) is 3.46. The van der Waals surface area contributed by atoms with Crippen molar-refractivity contribution in [2.75, 3.05) is 19.7 Å². The molecule has 4 rings (SSSR count). The highest BCUT2D eigenvalue weighted by Gasteiger charge is 2.34. The van der Waals surface area contributed by atoms with Crippen molar-refractivity contribution in [2.45, 2.75) is 50.6 Å². The number of nitrogens with zero attached hydrogens (tertiary/aromatic N) is 2. The summed E-state index contributed by atoms with van der Waals surface area (Å²) in [5.41, 5.74) is 0. The van der Waals surface area contributed by atoms with Crippen LogP contribution in [-0.4, -0.2) is 41.5 Å². The molecular weight excluding hydrogens is 358 g/mol. The highest BCUT2D eigenvalue weighted by Crippen LogP contribution is 2.40. The summed E-state index contributed by atoms with van der Waals surface area (Å²) in [6, 6.07) is 9.08. The number of nitrogens with one attached hydrogen (secondary N) is 1. The summed E-state index contributed by atoms with van der Waals surface area (Å²) in [6.45, 7) is 2.13. The molecular formula is C21H27N3O2S. The lowest BCUT2D eigenvalue weighted by molar-refractivity contribution is 0.0951. The quantitative estimate of drug-likeness (QED) is 0.731. The maximum Gasteiger partial charge on any atom is 0.261 e. The Bertz CT molecular complexity index is 743. The van der Waals surface area contributed by atoms with E-state index in [-0.39, 0.29) is 5.91 Å². The van der Waals surface area contributed by atoms with Gasteiger partial charge in [-0.05, 0) is 56.5 Å². The molecule has 2 fully saturated rings. The Morgan fingerprint density at radius 3 is 2.93 bits per heavy atom. The molecule has 0 spiro atoms. The minimum atomic E-state index is -0.00792. The Kier molecular flexibility index (Phi) is 6.04. The van der Waals surface area contributed by atoms with E-state index >= 15 is 0 Å². The number of pyridine rings is 1. The maximum absolute atomic E-state index is 12.4. The average molecular weight is 386 g/mol. The number of amides is 1. The topological polar surface area (TPSA) is 54.5 Å². The van der Waals surface area contributed by atoms with Crippen LogP contribution in [0.2, 0.25) is 0 Å². The fourth-order valence-corrected chi connectivity index (χ4v) is 5.35. The third-order valence-corrected chi connectivity index (χ3v) is 6.74. The van der Waals surface area contributed by atoms with E-state index in [0.29, 0.717) is 19.2 Å². The van der Waals surface area contributed by atoms with Gasteiger partial charge in [0.15, 0.2) is 0 Å². The molecule has 1 saturated heterocycles. The van der Waals surface area contributed by atoms with E-state index in [1.54, 1.807) is 23.7 Å². The first-order valence-corrected chi connectivity index (χ1v) is 10.8. The van der Waals surface area contributed by atoms with Crippen molar-refractivity contribution in [1.82, 2.24) is 15.2 Å². The van der Waals surface area contributed by atoms with Crippen LogP contribution in [-0.2, 0) is 0 Å². The number of carbonyl (C=O) groups is 1. The predicted molar refractivity (Wildman–Crippen MR) is 107 cm³/mol. The summed E-state index contributed by atoms with van der Waals surface area (Å²) >= 11 is 1.65. The standard InChI is InChI=1S/C21H27N3O2S/c25-21(23-12-14-26-17-7-3-11-22-15-17)20-10-9-19(27-20)18-8-4-13-24(18)16-5-1-2-6-16/h3,7,9-11,15-16,18H,1-2,4-6,8,12-14H2,(H,23,25). The first-order chi connectivity index (χ1) is 13.3. The van der Waals surface area contributed by atoms with Crippen LogP contribution in [0.3, 0.4) is 0 Å². The van der Waals surface area contributed by atoms with Crippen molar-refractivity contribution in [3.63, 3.8) is 0 Å². The number of hydrogen-bond donors (Lipinski definition) is 1. The van der Waals surface area contributed by atoms with Gasteiger partial charge in [0.25, 0.3) is 5.91 Å². The predicted octanol–water partition coefficient (Wildman–Crippen LogP) is 4.03. The fourth-order valence-electron chi connectivity index (χ4n) is 4.27. The molecule has 2 aromatic heterocycles. The lowest BCUT2D eigenvalue weighted by atomic mass is 10.1. The molecule has 1 saturated carbocycles. The largest absolute Gasteiger partial charge is 0.490 e. The van der Waals surface area contributed by atoms with Gasteiger partial charge in [-0.2, -0.15) is 0 Å². The van der Waals surface area contributed by atoms with Crippen LogP contribution in [0.5, 0.6) is 5.75 Å². The third kappa shape index (κ3) is 4.50. The third-order valence-electron chi connectivity index (χ3n) is 5.56. The number of ether oxygens (including phenoxy) is 1. The van der Waals surface area contributed by atoms with Gasteiger partial charge in [-0.15, -0.1) is 11.3 Å². The molecule has 0 bridgehead atoms. The Morgan fingerprint density at radius 1 is 1.22 bits per heavy atom. The second-order valence-corrected chi connectivity index (χ2v) is 8.44. The minimum Gasteiger partial charge on any atom is -0.490 e. The van der Waals surface area contributed by atoms with E-state index in [1.807, 2.05) is 18.2 Å². The Balaban J connectivity index is 1.28. The molecule has 5 nitrogen and oxygen atoms in total. The van der Waals surface area contributed by atoms with Crippen LogP contribution in [0.15, 0.2) is 36.7 Å². The van der Waals surface area contributed by atoms with E-state index in [9.17, 15) is 4.79 Å². The van der Waals surface area contributed by atoms with Crippen molar-refractivity contribution >= 4 is 17.2 Å². The second-order valence-electron chi connectivity index (χ2n) is 7.33. The van der Waals surface area contributed by atoms with Crippen LogP contribution in [0.1, 0.15) is 59.1 Å². The summed E-state index contributed by atoms with van der Waals surface area (Å²) < 4.78 is 5.57. The Hall–Kier alpha value is -1.92. The van der Waals surface area contributed by atoms with Crippen molar-refractivity contribution in [3.05, 3.63) is 46.4 Å². The molecule has 0 radical (unpaired) electrons. The summed E-state index contributed by atoms with van der Waals surface area (Å²) in [7, 11) is 0. The molecule has 1 aliphatic heterocycles. The van der Waals surface area contributed by atoms with Crippen molar-refractivity contribution in [3.8, 4) is 5.75 Å². The number of hydrogen-bond acceptors (Lipinski definition) is 5. The molecule has 1 aliphatic carbocycles. The van der Waals surface area contributed by atoms with Crippen molar-refractivity contribution in [1.29, 1.82) is 0 Å². The highest BCUT2D eigenvalue weighted by atomic mass is 32.1. The first-order valence-electron chi connectivity index (χ1n) is 9.98. The van der Waals surface area contributed by atoms with E-state index in [0.717, 1.165) is 16.7 Å². The van der Waals surface area contributed by atoms with Gasteiger partial charge in [-0.3, -0.25) is 14.7 Å². The van der Waals surface area contributed by atoms with Gasteiger partial charge in [0.2, 0.25) is 0 Å². The summed E-state index contributed by atoms with van der Waals surface area (Å²) in [5, 5.41) is 2.95. The van der Waals surface area contributed by atoms with Crippen LogP contribution in [0, 0.1) is 0 Å². The zero-order chi connectivity index (χ0) is 18.5. The molecule has 144 valence electrons. The summed E-state index contributed by atoms with van der Waals surface area (Å²) in [4.78, 5) is 21.3. The van der Waals surface area contributed by atoms with E-state index in [1.165, 1.54) is 49.9 Å². The van der Waals surface area contributed by atoms with Crippen LogP contribution >= 0.6 is 11.3 Å². The van der Waals surface area contributed by atoms with E-state index in [2.05, 4.69) is 21.3 Å². The van der Waals surface area contributed by atoms with Gasteiger partial charge in [0.05, 0.1) is 17.6 Å². The molecule has 1 amide bonds. The molecule has 0 aromatic carbocycles. The lowest BCUT2D eigenvalue weighted by Crippen LogP contribution is -2.32. The lowest BCUT2D eigenvalue weighted by Gasteiger charge is -2.29. The second kappa shape index (κ2) is 8.85. The van der Waals surface area contributed by atoms with Gasteiger partial charge in [-0.25, -0.2) is 0 Å². The zero-order valence-electron chi connectivity index (χ0n) is 15.6. The molecule has 2 aromatic rings. The van der Waals surface area contributed by atoms with Crippen molar-refractivity contribution in [2.24, 2.45) is 0 Å². The van der Waals surface area contributed by atoms with Gasteiger partial charge in [0.1, 0.15) is 12.4 Å². The summed E-state index contributed by atoms with van der Waals surface area (Å²) in [5.74, 6) is 0.713. The van der Waals surface area contributed by atoms with E-state index in [4.69, 9.17) is 4.74 Å². The van der Waals surface area contributed by atoms with Gasteiger partial charge in [-0.1, -0.05) is 12.8 Å². The number of carbonyl (C=O) groups excluding carboxylic acids is 1. The Labute approximate surface area is 164 Å². The number of rotatable bonds is 7. The van der Waals surface area contributed by atoms with Gasteiger partial charge >= 0.3 is 0 Å².